The molecule has 37 heavy (non-hydrogen) atoms. The number of rotatable bonds is 10. The van der Waals surface area contributed by atoms with Crippen molar-refractivity contribution in [1.29, 1.82) is 0 Å². The van der Waals surface area contributed by atoms with Crippen molar-refractivity contribution in [2.24, 2.45) is 0 Å². The van der Waals surface area contributed by atoms with Gasteiger partial charge in [0.25, 0.3) is 5.56 Å². The fourth-order valence-corrected chi connectivity index (χ4v) is 5.43. The van der Waals surface area contributed by atoms with Crippen LogP contribution in [-0.2, 0) is 13.1 Å². The number of nitrogens with zero attached hydrogens (tertiary/aromatic N) is 6. The first-order chi connectivity index (χ1) is 18.2. The van der Waals surface area contributed by atoms with Crippen molar-refractivity contribution < 1.29 is 4.74 Å². The fourth-order valence-electron chi connectivity index (χ4n) is 5.43. The molecule has 9 heteroatoms. The molecule has 1 atom stereocenters. The highest BCUT2D eigenvalue weighted by atomic mass is 16.5. The van der Waals surface area contributed by atoms with Gasteiger partial charge in [0.1, 0.15) is 5.75 Å². The van der Waals surface area contributed by atoms with Gasteiger partial charge in [-0.25, -0.2) is 4.68 Å². The van der Waals surface area contributed by atoms with Gasteiger partial charge in [-0.05, 0) is 72.5 Å². The summed E-state index contributed by atoms with van der Waals surface area (Å²) in [5.74, 6) is 1.66. The molecule has 9 nitrogen and oxygen atoms in total. The average molecular weight is 502 g/mol. The molecule has 0 aliphatic heterocycles. The standard InChI is InChI=1S/C28H35N7O2/c1-3-26(27-31-32-33-35(27)23-10-6-5-7-11-23)34(18-20-9-8-14-29-17-20)19-22-15-21-16-24(37-4-2)12-13-25(21)30-28(22)36/h8-9,12-17,23,26H,3-7,10-11,18-19H2,1-2H3,(H,30,36)/t26-/m1/s1. The third-order valence-electron chi connectivity index (χ3n) is 7.25. The maximum absolute atomic E-state index is 13.2. The van der Waals surface area contributed by atoms with Crippen molar-refractivity contribution >= 4 is 10.9 Å². The minimum absolute atomic E-state index is 0.0537. The minimum Gasteiger partial charge on any atom is -0.494 e. The lowest BCUT2D eigenvalue weighted by Gasteiger charge is -2.32. The second-order valence-electron chi connectivity index (χ2n) is 9.77. The van der Waals surface area contributed by atoms with E-state index in [4.69, 9.17) is 4.74 Å². The molecule has 0 radical (unpaired) electrons. The van der Waals surface area contributed by atoms with Gasteiger partial charge in [0.2, 0.25) is 0 Å². The van der Waals surface area contributed by atoms with E-state index in [0.29, 0.717) is 31.3 Å². The largest absolute Gasteiger partial charge is 0.494 e. The second kappa shape index (κ2) is 11.6. The number of H-pyrrole nitrogens is 1. The quantitative estimate of drug-likeness (QED) is 0.327. The van der Waals surface area contributed by atoms with Crippen LogP contribution < -0.4 is 10.3 Å². The molecule has 0 unspecified atom stereocenters. The van der Waals surface area contributed by atoms with Crippen LogP contribution in [-0.4, -0.2) is 41.7 Å². The summed E-state index contributed by atoms with van der Waals surface area (Å²) in [5, 5.41) is 14.0. The van der Waals surface area contributed by atoms with Crippen LogP contribution in [0.2, 0.25) is 0 Å². The van der Waals surface area contributed by atoms with E-state index in [1.807, 2.05) is 48.1 Å². The zero-order chi connectivity index (χ0) is 25.6. The predicted molar refractivity (Wildman–Crippen MR) is 142 cm³/mol. The topological polar surface area (TPSA) is 102 Å². The molecule has 1 aliphatic carbocycles. The summed E-state index contributed by atoms with van der Waals surface area (Å²) in [5.41, 5.74) is 2.48. The summed E-state index contributed by atoms with van der Waals surface area (Å²) < 4.78 is 7.73. The highest BCUT2D eigenvalue weighted by Crippen LogP contribution is 2.32. The monoisotopic (exact) mass is 501 g/mol. The third-order valence-corrected chi connectivity index (χ3v) is 7.25. The number of aromatic nitrogens is 6. The fraction of sp³-hybridized carbons (Fsp3) is 0.464. The van der Waals surface area contributed by atoms with Crippen molar-refractivity contribution in [1.82, 2.24) is 35.1 Å². The van der Waals surface area contributed by atoms with E-state index >= 15 is 0 Å². The Morgan fingerprint density at radius 2 is 2.00 bits per heavy atom. The van der Waals surface area contributed by atoms with E-state index in [1.54, 1.807) is 6.20 Å². The summed E-state index contributed by atoms with van der Waals surface area (Å²) in [7, 11) is 0. The van der Waals surface area contributed by atoms with E-state index in [9.17, 15) is 4.79 Å². The smallest absolute Gasteiger partial charge is 0.252 e. The van der Waals surface area contributed by atoms with Gasteiger partial charge in [-0.3, -0.25) is 14.7 Å². The number of fused-ring (bicyclic) bond motifs is 1. The van der Waals surface area contributed by atoms with Crippen LogP contribution >= 0.6 is 0 Å². The van der Waals surface area contributed by atoms with Gasteiger partial charge in [0.05, 0.1) is 18.7 Å². The Hall–Kier alpha value is -3.59. The Morgan fingerprint density at radius 1 is 1.14 bits per heavy atom. The molecule has 0 amide bonds. The Balaban J connectivity index is 1.51. The van der Waals surface area contributed by atoms with Crippen molar-refractivity contribution in [2.45, 2.75) is 77.5 Å². The Bertz CT molecular complexity index is 1360. The zero-order valence-corrected chi connectivity index (χ0v) is 21.6. The second-order valence-corrected chi connectivity index (χ2v) is 9.77. The molecular formula is C28H35N7O2. The average Bonchev–Trinajstić information content (AvgIpc) is 3.40. The van der Waals surface area contributed by atoms with Crippen LogP contribution in [0.1, 0.15) is 81.4 Å². The molecule has 1 aliphatic rings. The first kappa shape index (κ1) is 25.1. The van der Waals surface area contributed by atoms with Crippen LogP contribution in [0.3, 0.4) is 0 Å². The number of tetrazole rings is 1. The Kier molecular flexibility index (Phi) is 7.89. The SMILES string of the molecule is CCOc1ccc2[nH]c(=O)c(CN(Cc3cccnc3)[C@H](CC)c3nnnn3C3CCCCC3)cc2c1. The highest BCUT2D eigenvalue weighted by Gasteiger charge is 2.29. The van der Waals surface area contributed by atoms with Crippen molar-refractivity contribution in [2.75, 3.05) is 6.61 Å². The van der Waals surface area contributed by atoms with Gasteiger partial charge in [-0.1, -0.05) is 32.3 Å². The number of benzene rings is 1. The summed E-state index contributed by atoms with van der Waals surface area (Å²) in [4.78, 5) is 22.8. The Morgan fingerprint density at radius 3 is 2.76 bits per heavy atom. The molecule has 3 aromatic heterocycles. The number of nitrogens with one attached hydrogen (secondary N) is 1. The van der Waals surface area contributed by atoms with Gasteiger partial charge in [0, 0.05) is 41.9 Å². The maximum atomic E-state index is 13.2. The van der Waals surface area contributed by atoms with E-state index in [-0.39, 0.29) is 11.6 Å². The summed E-state index contributed by atoms with van der Waals surface area (Å²) in [6.07, 6.45) is 10.4. The van der Waals surface area contributed by atoms with Gasteiger partial charge in [-0.15, -0.1) is 5.10 Å². The molecule has 3 heterocycles. The normalized spacial score (nSPS) is 15.3. The number of hydrogen-bond donors (Lipinski definition) is 1. The molecule has 0 saturated heterocycles. The number of ether oxygens (including phenoxy) is 1. The van der Waals surface area contributed by atoms with Crippen LogP contribution in [0, 0.1) is 0 Å². The van der Waals surface area contributed by atoms with E-state index < -0.39 is 0 Å². The van der Waals surface area contributed by atoms with Crippen LogP contribution in [0.5, 0.6) is 5.75 Å². The molecule has 194 valence electrons. The molecule has 1 fully saturated rings. The van der Waals surface area contributed by atoms with Gasteiger partial charge >= 0.3 is 0 Å². The molecule has 1 aromatic carbocycles. The van der Waals surface area contributed by atoms with Crippen LogP contribution in [0.4, 0.5) is 0 Å². The predicted octanol–water partition coefficient (Wildman–Crippen LogP) is 4.97. The molecule has 1 N–H and O–H groups in total. The van der Waals surface area contributed by atoms with Gasteiger partial charge < -0.3 is 9.72 Å². The number of aromatic amines is 1. The van der Waals surface area contributed by atoms with Crippen LogP contribution in [0.25, 0.3) is 10.9 Å². The third kappa shape index (κ3) is 5.72. The summed E-state index contributed by atoms with van der Waals surface area (Å²) >= 11 is 0. The molecule has 5 rings (SSSR count). The summed E-state index contributed by atoms with van der Waals surface area (Å²) in [6, 6.07) is 12.0. The lowest BCUT2D eigenvalue weighted by molar-refractivity contribution is 0.155. The first-order valence-electron chi connectivity index (χ1n) is 13.4. The number of pyridine rings is 2. The van der Waals surface area contributed by atoms with Crippen molar-refractivity contribution in [3.8, 4) is 5.75 Å². The van der Waals surface area contributed by atoms with Gasteiger partial charge in [-0.2, -0.15) is 0 Å². The minimum atomic E-state index is -0.0884. The maximum Gasteiger partial charge on any atom is 0.252 e. The molecule has 1 saturated carbocycles. The van der Waals surface area contributed by atoms with Crippen LogP contribution in [0.15, 0.2) is 53.6 Å². The lowest BCUT2D eigenvalue weighted by atomic mass is 9.95. The molecule has 0 spiro atoms. The van der Waals surface area contributed by atoms with Gasteiger partial charge in [0.15, 0.2) is 5.82 Å². The van der Waals surface area contributed by atoms with E-state index in [2.05, 4.69) is 43.4 Å². The molecule has 4 aromatic rings. The highest BCUT2D eigenvalue weighted by molar-refractivity contribution is 5.80. The number of hydrogen-bond acceptors (Lipinski definition) is 7. The zero-order valence-electron chi connectivity index (χ0n) is 21.6. The summed E-state index contributed by atoms with van der Waals surface area (Å²) in [6.45, 7) is 5.79. The molecular weight excluding hydrogens is 466 g/mol. The van der Waals surface area contributed by atoms with Crippen molar-refractivity contribution in [3.05, 3.63) is 76.1 Å². The van der Waals surface area contributed by atoms with E-state index in [1.165, 1.54) is 19.3 Å². The first-order valence-corrected chi connectivity index (χ1v) is 13.4. The van der Waals surface area contributed by atoms with Crippen molar-refractivity contribution in [3.63, 3.8) is 0 Å². The van der Waals surface area contributed by atoms with E-state index in [0.717, 1.165) is 47.3 Å². The lowest BCUT2D eigenvalue weighted by Crippen LogP contribution is -2.33. The molecule has 0 bridgehead atoms. The Labute approximate surface area is 216 Å².